The Morgan fingerprint density at radius 3 is 1.49 bits per heavy atom. The van der Waals surface area contributed by atoms with E-state index in [9.17, 15) is 40.4 Å². The predicted octanol–water partition coefficient (Wildman–Crippen LogP) is 10.5. The molecule has 9 aromatic rings. The fourth-order valence-electron chi connectivity index (χ4n) is 7.33. The van der Waals surface area contributed by atoms with Crippen LogP contribution in [-0.4, -0.2) is 9.97 Å². The van der Waals surface area contributed by atoms with E-state index in [1.54, 1.807) is 6.19 Å². The molecule has 1 aromatic heterocycles. The summed E-state index contributed by atoms with van der Waals surface area (Å²) < 4.78 is 192. The largest absolute Gasteiger partial charge is 0.241 e. The van der Waals surface area contributed by atoms with Gasteiger partial charge in [-0.1, -0.05) is 24.3 Å². The fraction of sp³-hybridized carbons (Fsp3) is 0. The van der Waals surface area contributed by atoms with Crippen LogP contribution in [0, 0.1) is 93.7 Å². The van der Waals surface area contributed by atoms with Crippen molar-refractivity contribution < 1.29 is 57.1 Å². The van der Waals surface area contributed by atoms with Crippen molar-refractivity contribution in [2.45, 2.75) is 0 Å². The molecule has 0 N–H and O–H groups in total. The highest BCUT2D eigenvalue weighted by molar-refractivity contribution is 6.15. The van der Waals surface area contributed by atoms with Crippen LogP contribution in [0.1, 0.15) is 0 Å². The number of benzene rings is 6. The zero-order chi connectivity index (χ0) is 42.1. The first kappa shape index (κ1) is 36.9. The van der Waals surface area contributed by atoms with E-state index in [1.807, 2.05) is 0 Å². The Bertz CT molecular complexity index is 3690. The number of fused-ring (bicyclic) bond motifs is 8. The Morgan fingerprint density at radius 1 is 0.475 bits per heavy atom. The van der Waals surface area contributed by atoms with Gasteiger partial charge in [-0.2, -0.15) is 16.8 Å². The van der Waals surface area contributed by atoms with E-state index >= 15 is 22.0 Å². The molecule has 0 unspecified atom stereocenters. The van der Waals surface area contributed by atoms with Crippen molar-refractivity contribution in [3.05, 3.63) is 140 Å². The van der Waals surface area contributed by atoms with Gasteiger partial charge in [0.1, 0.15) is 33.8 Å². The highest BCUT2D eigenvalue weighted by Crippen LogP contribution is 2.41. The minimum absolute atomic E-state index is 0.00285. The van der Waals surface area contributed by atoms with Crippen molar-refractivity contribution in [3.8, 4) is 28.4 Å². The lowest BCUT2D eigenvalue weighted by Crippen LogP contribution is -2.06. The average molecular weight is 819 g/mol. The second-order valence-electron chi connectivity index (χ2n) is 12.8. The van der Waals surface area contributed by atoms with Crippen LogP contribution in [0.3, 0.4) is 0 Å². The molecule has 59 heavy (non-hydrogen) atoms. The van der Waals surface area contributed by atoms with Crippen molar-refractivity contribution >= 4 is 65.2 Å². The minimum Gasteiger partial charge on any atom is -0.241 e. The summed E-state index contributed by atoms with van der Waals surface area (Å²) in [4.78, 5) is 15.9. The first-order valence-corrected chi connectivity index (χ1v) is 16.2. The van der Waals surface area contributed by atoms with Crippen molar-refractivity contribution in [3.63, 3.8) is 0 Å². The summed E-state index contributed by atoms with van der Waals surface area (Å²) >= 11 is 0. The summed E-state index contributed by atoms with van der Waals surface area (Å²) in [6.07, 6.45) is 1.56. The van der Waals surface area contributed by atoms with Gasteiger partial charge in [-0.25, -0.2) is 67.0 Å². The molecular formula is C40H7F13N6. The molecule has 19 heteroatoms. The topological polar surface area (TPSA) is 78.6 Å². The maximum Gasteiger partial charge on any atom is 0.206 e. The third kappa shape index (κ3) is 4.81. The molecule has 0 saturated heterocycles. The molecule has 0 aliphatic heterocycles. The summed E-state index contributed by atoms with van der Waals surface area (Å²) in [6.45, 7) is 7.41. The van der Waals surface area contributed by atoms with Gasteiger partial charge < -0.3 is 0 Å². The monoisotopic (exact) mass is 818 g/mol. The van der Waals surface area contributed by atoms with E-state index in [0.717, 1.165) is 30.3 Å². The van der Waals surface area contributed by atoms with Gasteiger partial charge in [-0.3, -0.25) is 0 Å². The van der Waals surface area contributed by atoms with Crippen LogP contribution in [0.5, 0.6) is 0 Å². The van der Waals surface area contributed by atoms with Crippen LogP contribution < -0.4 is 10.7 Å². The summed E-state index contributed by atoms with van der Waals surface area (Å²) in [5.74, 6) is -28.5. The molecule has 0 spiro atoms. The SMILES string of the molecule is [C-]#[N+]/N=c1/c2cc(-c3c(F)c(F)c4c(F)c(F)c(F)c(F)c4c3F)ccc2c2nc3c(=NC#N)c4cc(-c5cc(F)c6c(F)c(F)c(F)c(F)c6c5F)ccc4c3nc12. The van der Waals surface area contributed by atoms with Crippen LogP contribution in [0.4, 0.5) is 57.1 Å². The Morgan fingerprint density at radius 2 is 0.932 bits per heavy atom. The Balaban J connectivity index is 1.30. The van der Waals surface area contributed by atoms with Gasteiger partial charge >= 0.3 is 0 Å². The molecule has 0 saturated carbocycles. The standard InChI is InChI=1S/C40H7F13N6/c1-55-59-38-16-7-11(18-24(43)21-22(27(46)25(18)44)30(49)34(53)33(52)29(21)48)3-5-13(16)37-40(38)58-36-12-4-2-10(6-15(12)35(56-9-54)39(36)57-37)14-8-17(41)19-20(23(14)42)28(47)32(51)31(50)26(19)45/h2-8H/b56-35?,59-38-. The Kier molecular flexibility index (Phi) is 7.93. The van der Waals surface area contributed by atoms with E-state index in [4.69, 9.17) is 6.57 Å². The highest BCUT2D eigenvalue weighted by Gasteiger charge is 2.32. The third-order valence-electron chi connectivity index (χ3n) is 9.89. The molecule has 288 valence electrons. The van der Waals surface area contributed by atoms with Gasteiger partial charge in [-0.15, -0.1) is 4.95 Å². The molecule has 8 aromatic carbocycles. The highest BCUT2D eigenvalue weighted by atomic mass is 19.2. The second kappa shape index (κ2) is 12.7. The molecule has 0 amide bonds. The summed E-state index contributed by atoms with van der Waals surface area (Å²) in [7, 11) is 0. The normalized spacial score (nSPS) is 12.7. The number of nitrogens with zero attached hydrogens (tertiary/aromatic N) is 6. The number of hydrogen-bond acceptors (Lipinski definition) is 5. The van der Waals surface area contributed by atoms with Gasteiger partial charge in [0.25, 0.3) is 0 Å². The van der Waals surface area contributed by atoms with Crippen molar-refractivity contribution in [1.82, 2.24) is 9.97 Å². The molecule has 0 bridgehead atoms. The zero-order valence-corrected chi connectivity index (χ0v) is 28.1. The van der Waals surface area contributed by atoms with Crippen LogP contribution in [-0.2, 0) is 0 Å². The smallest absolute Gasteiger partial charge is 0.206 e. The Hall–Kier alpha value is -7.67. The van der Waals surface area contributed by atoms with Gasteiger partial charge in [-0.05, 0) is 29.3 Å². The molecule has 0 atom stereocenters. The molecule has 0 radical (unpaired) electrons. The minimum atomic E-state index is -2.51. The quantitative estimate of drug-likeness (QED) is 0.0435. The van der Waals surface area contributed by atoms with E-state index in [0.29, 0.717) is 6.07 Å². The van der Waals surface area contributed by atoms with Gasteiger partial charge in [0.05, 0.1) is 43.2 Å². The zero-order valence-electron chi connectivity index (χ0n) is 28.1. The molecule has 0 aliphatic carbocycles. The van der Waals surface area contributed by atoms with Crippen LogP contribution in [0.2, 0.25) is 0 Å². The van der Waals surface area contributed by atoms with Crippen LogP contribution >= 0.6 is 0 Å². The van der Waals surface area contributed by atoms with Crippen LogP contribution in [0.15, 0.2) is 52.6 Å². The molecule has 6 nitrogen and oxygen atoms in total. The Labute approximate surface area is 316 Å². The van der Waals surface area contributed by atoms with Gasteiger partial charge in [0.2, 0.25) is 6.19 Å². The fourth-order valence-corrected chi connectivity index (χ4v) is 7.33. The van der Waals surface area contributed by atoms with Gasteiger partial charge in [0.15, 0.2) is 63.5 Å². The molecular weight excluding hydrogens is 811 g/mol. The lowest BCUT2D eigenvalue weighted by atomic mass is 9.96. The number of halogens is 13. The van der Waals surface area contributed by atoms with E-state index in [1.165, 1.54) is 6.07 Å². The maximum atomic E-state index is 15.8. The molecule has 9 rings (SSSR count). The average Bonchev–Trinajstić information content (AvgIpc) is 3.69. The molecule has 0 aliphatic rings. The summed E-state index contributed by atoms with van der Waals surface area (Å²) in [5, 5.41) is 6.38. The van der Waals surface area contributed by atoms with E-state index < -0.39 is 114 Å². The van der Waals surface area contributed by atoms with Crippen molar-refractivity contribution in [2.24, 2.45) is 10.1 Å². The van der Waals surface area contributed by atoms with E-state index in [-0.39, 0.29) is 59.9 Å². The van der Waals surface area contributed by atoms with E-state index in [2.05, 4.69) is 25.0 Å². The van der Waals surface area contributed by atoms with Crippen LogP contribution in [0.25, 0.3) is 92.4 Å². The first-order chi connectivity index (χ1) is 28.1. The molecule has 0 fully saturated rings. The summed E-state index contributed by atoms with van der Waals surface area (Å²) in [5.41, 5.74) is -3.26. The number of hydrogen-bond donors (Lipinski definition) is 0. The van der Waals surface area contributed by atoms with Crippen molar-refractivity contribution in [2.75, 3.05) is 0 Å². The lowest BCUT2D eigenvalue weighted by Gasteiger charge is -2.13. The molecule has 1 heterocycles. The van der Waals surface area contributed by atoms with Crippen molar-refractivity contribution in [1.29, 1.82) is 5.26 Å². The number of aromatic nitrogens is 2. The maximum absolute atomic E-state index is 15.8. The number of rotatable bonds is 2. The lowest BCUT2D eigenvalue weighted by molar-refractivity contribution is 0.412. The van der Waals surface area contributed by atoms with Gasteiger partial charge in [0, 0.05) is 27.1 Å². The third-order valence-corrected chi connectivity index (χ3v) is 9.89. The first-order valence-electron chi connectivity index (χ1n) is 16.2. The number of nitriles is 1. The summed E-state index contributed by atoms with van der Waals surface area (Å²) in [6, 6.07) is 7.06. The second-order valence-corrected chi connectivity index (χ2v) is 12.8. The predicted molar refractivity (Wildman–Crippen MR) is 183 cm³/mol.